The number of aliphatic hydroxyl groups excluding tert-OH is 1. The zero-order chi connectivity index (χ0) is 13.0. The fourth-order valence-corrected chi connectivity index (χ4v) is 2.56. The van der Waals surface area contributed by atoms with E-state index < -0.39 is 0 Å². The van der Waals surface area contributed by atoms with Gasteiger partial charge in [-0.2, -0.15) is 0 Å². The summed E-state index contributed by atoms with van der Waals surface area (Å²) in [5, 5.41) is 18.4. The molecule has 1 atom stereocenters. The monoisotopic (exact) mass is 249 g/mol. The molecule has 0 aromatic heterocycles. The molecule has 1 heterocycles. The minimum absolute atomic E-state index is 0.0801. The Bertz CT molecular complexity index is 419. The lowest BCUT2D eigenvalue weighted by molar-refractivity contribution is -0.131. The van der Waals surface area contributed by atoms with Crippen molar-refractivity contribution in [2.24, 2.45) is 0 Å². The Morgan fingerprint density at radius 1 is 1.44 bits per heavy atom. The summed E-state index contributed by atoms with van der Waals surface area (Å²) in [5.41, 5.74) is 0.828. The topological polar surface area (TPSA) is 60.8 Å². The number of carbonyl (C=O) groups is 1. The van der Waals surface area contributed by atoms with Crippen LogP contribution in [-0.2, 0) is 11.2 Å². The Balaban J connectivity index is 1.99. The lowest BCUT2D eigenvalue weighted by Gasteiger charge is -2.24. The Morgan fingerprint density at radius 3 is 3.00 bits per heavy atom. The highest BCUT2D eigenvalue weighted by molar-refractivity contribution is 5.79. The summed E-state index contributed by atoms with van der Waals surface area (Å²) in [6.07, 6.45) is 2.96. The third-order valence-electron chi connectivity index (χ3n) is 3.43. The standard InChI is InChI=1S/C14H19NO3/c16-8-6-12-4-2-7-15(12)14(18)10-11-3-1-5-13(17)9-11/h1,3,5,9,12,16-17H,2,4,6-8,10H2. The van der Waals surface area contributed by atoms with Gasteiger partial charge in [0.25, 0.3) is 0 Å². The van der Waals surface area contributed by atoms with Gasteiger partial charge in [0.2, 0.25) is 5.91 Å². The van der Waals surface area contributed by atoms with Crippen molar-refractivity contribution in [1.82, 2.24) is 4.90 Å². The number of hydrogen-bond donors (Lipinski definition) is 2. The van der Waals surface area contributed by atoms with Crippen LogP contribution in [0.3, 0.4) is 0 Å². The molecule has 1 unspecified atom stereocenters. The van der Waals surface area contributed by atoms with E-state index >= 15 is 0 Å². The SMILES string of the molecule is O=C(Cc1cccc(O)c1)N1CCCC1CCO. The number of aliphatic hydroxyl groups is 1. The zero-order valence-corrected chi connectivity index (χ0v) is 10.4. The first kappa shape index (κ1) is 12.9. The van der Waals surface area contributed by atoms with Gasteiger partial charge in [-0.05, 0) is 37.0 Å². The summed E-state index contributed by atoms with van der Waals surface area (Å²) in [7, 11) is 0. The average Bonchev–Trinajstić information content (AvgIpc) is 2.78. The summed E-state index contributed by atoms with van der Waals surface area (Å²) < 4.78 is 0. The van der Waals surface area contributed by atoms with E-state index in [1.54, 1.807) is 18.2 Å². The molecule has 2 N–H and O–H groups in total. The number of phenolic OH excluding ortho intramolecular Hbond substituents is 1. The molecule has 1 saturated heterocycles. The Labute approximate surface area is 107 Å². The van der Waals surface area contributed by atoms with Crippen LogP contribution in [0.1, 0.15) is 24.8 Å². The number of aromatic hydroxyl groups is 1. The number of benzene rings is 1. The molecular weight excluding hydrogens is 230 g/mol. The Hall–Kier alpha value is -1.55. The maximum atomic E-state index is 12.2. The van der Waals surface area contributed by atoms with Gasteiger partial charge < -0.3 is 15.1 Å². The summed E-state index contributed by atoms with van der Waals surface area (Å²) >= 11 is 0. The highest BCUT2D eigenvalue weighted by atomic mass is 16.3. The second-order valence-corrected chi connectivity index (χ2v) is 4.74. The van der Waals surface area contributed by atoms with Gasteiger partial charge in [-0.15, -0.1) is 0 Å². The van der Waals surface area contributed by atoms with Gasteiger partial charge in [0.1, 0.15) is 5.75 Å². The number of nitrogens with zero attached hydrogens (tertiary/aromatic N) is 1. The number of likely N-dealkylation sites (tertiary alicyclic amines) is 1. The van der Waals surface area contributed by atoms with Crippen LogP contribution in [0.15, 0.2) is 24.3 Å². The van der Waals surface area contributed by atoms with Crippen molar-refractivity contribution in [3.8, 4) is 5.75 Å². The van der Waals surface area contributed by atoms with E-state index in [0.717, 1.165) is 24.9 Å². The van der Waals surface area contributed by atoms with Crippen molar-refractivity contribution in [1.29, 1.82) is 0 Å². The Morgan fingerprint density at radius 2 is 2.28 bits per heavy atom. The molecule has 1 aromatic rings. The zero-order valence-electron chi connectivity index (χ0n) is 10.4. The van der Waals surface area contributed by atoms with Crippen molar-refractivity contribution in [2.45, 2.75) is 31.7 Å². The van der Waals surface area contributed by atoms with Crippen LogP contribution >= 0.6 is 0 Å². The maximum absolute atomic E-state index is 12.2. The largest absolute Gasteiger partial charge is 0.508 e. The number of amides is 1. The van der Waals surface area contributed by atoms with E-state index in [1.165, 1.54) is 0 Å². The Kier molecular flexibility index (Phi) is 4.20. The number of carbonyl (C=O) groups excluding carboxylic acids is 1. The molecule has 4 nitrogen and oxygen atoms in total. The van der Waals surface area contributed by atoms with Crippen molar-refractivity contribution >= 4 is 5.91 Å². The van der Waals surface area contributed by atoms with E-state index in [1.807, 2.05) is 11.0 Å². The summed E-state index contributed by atoms with van der Waals surface area (Å²) in [6, 6.07) is 6.98. The van der Waals surface area contributed by atoms with Crippen molar-refractivity contribution < 1.29 is 15.0 Å². The minimum Gasteiger partial charge on any atom is -0.508 e. The van der Waals surface area contributed by atoms with Gasteiger partial charge in [0.15, 0.2) is 0 Å². The van der Waals surface area contributed by atoms with Crippen LogP contribution in [0, 0.1) is 0 Å². The second-order valence-electron chi connectivity index (χ2n) is 4.74. The first-order valence-corrected chi connectivity index (χ1v) is 6.39. The van der Waals surface area contributed by atoms with Crippen LogP contribution < -0.4 is 0 Å². The molecule has 1 aromatic carbocycles. The molecule has 98 valence electrons. The molecule has 1 fully saturated rings. The lowest BCUT2D eigenvalue weighted by atomic mass is 10.1. The fourth-order valence-electron chi connectivity index (χ4n) is 2.56. The van der Waals surface area contributed by atoms with Crippen LogP contribution in [0.25, 0.3) is 0 Å². The third-order valence-corrected chi connectivity index (χ3v) is 3.43. The lowest BCUT2D eigenvalue weighted by Crippen LogP contribution is -2.37. The van der Waals surface area contributed by atoms with E-state index in [2.05, 4.69) is 0 Å². The molecule has 0 radical (unpaired) electrons. The molecule has 0 spiro atoms. The number of hydrogen-bond acceptors (Lipinski definition) is 3. The fraction of sp³-hybridized carbons (Fsp3) is 0.500. The summed E-state index contributed by atoms with van der Waals surface area (Å²) in [4.78, 5) is 14.0. The average molecular weight is 249 g/mol. The highest BCUT2D eigenvalue weighted by Gasteiger charge is 2.27. The quantitative estimate of drug-likeness (QED) is 0.845. The summed E-state index contributed by atoms with van der Waals surface area (Å²) in [5.74, 6) is 0.269. The predicted octanol–water partition coefficient (Wildman–Crippen LogP) is 1.31. The molecule has 1 amide bonds. The van der Waals surface area contributed by atoms with Gasteiger partial charge in [0.05, 0.1) is 6.42 Å². The molecule has 1 aliphatic rings. The maximum Gasteiger partial charge on any atom is 0.227 e. The van der Waals surface area contributed by atoms with Crippen molar-refractivity contribution in [3.63, 3.8) is 0 Å². The van der Waals surface area contributed by atoms with Crippen LogP contribution in [-0.4, -0.2) is 40.2 Å². The van der Waals surface area contributed by atoms with E-state index in [4.69, 9.17) is 5.11 Å². The molecule has 4 heteroatoms. The first-order chi connectivity index (χ1) is 8.70. The normalized spacial score (nSPS) is 19.2. The van der Waals surface area contributed by atoms with Gasteiger partial charge >= 0.3 is 0 Å². The summed E-state index contributed by atoms with van der Waals surface area (Å²) in [6.45, 7) is 0.906. The van der Waals surface area contributed by atoms with E-state index in [9.17, 15) is 9.90 Å². The molecule has 1 aliphatic heterocycles. The molecule has 18 heavy (non-hydrogen) atoms. The van der Waals surface area contributed by atoms with Crippen molar-refractivity contribution in [2.75, 3.05) is 13.2 Å². The minimum atomic E-state index is 0.0801. The molecule has 2 rings (SSSR count). The molecule has 0 aliphatic carbocycles. The predicted molar refractivity (Wildman–Crippen MR) is 68.2 cm³/mol. The van der Waals surface area contributed by atoms with E-state index in [0.29, 0.717) is 12.8 Å². The van der Waals surface area contributed by atoms with E-state index in [-0.39, 0.29) is 24.3 Å². The molecule has 0 saturated carbocycles. The second kappa shape index (κ2) is 5.87. The smallest absolute Gasteiger partial charge is 0.227 e. The molecular formula is C14H19NO3. The van der Waals surface area contributed by atoms with Crippen molar-refractivity contribution in [3.05, 3.63) is 29.8 Å². The number of phenols is 1. The molecule has 0 bridgehead atoms. The third kappa shape index (κ3) is 3.01. The van der Waals surface area contributed by atoms with Gasteiger partial charge in [0, 0.05) is 19.2 Å². The van der Waals surface area contributed by atoms with Gasteiger partial charge in [-0.1, -0.05) is 12.1 Å². The van der Waals surface area contributed by atoms with Crippen LogP contribution in [0.5, 0.6) is 5.75 Å². The van der Waals surface area contributed by atoms with Crippen LogP contribution in [0.2, 0.25) is 0 Å². The highest BCUT2D eigenvalue weighted by Crippen LogP contribution is 2.21. The van der Waals surface area contributed by atoms with Gasteiger partial charge in [-0.3, -0.25) is 4.79 Å². The van der Waals surface area contributed by atoms with Gasteiger partial charge in [-0.25, -0.2) is 0 Å². The number of rotatable bonds is 4. The first-order valence-electron chi connectivity index (χ1n) is 6.39. The van der Waals surface area contributed by atoms with Crippen LogP contribution in [0.4, 0.5) is 0 Å².